The van der Waals surface area contributed by atoms with Crippen molar-refractivity contribution in [3.63, 3.8) is 0 Å². The summed E-state index contributed by atoms with van der Waals surface area (Å²) in [5.74, 6) is 1.30. The molecule has 2 aromatic rings. The second-order valence-electron chi connectivity index (χ2n) is 6.46. The van der Waals surface area contributed by atoms with Gasteiger partial charge in [-0.3, -0.25) is 4.21 Å². The van der Waals surface area contributed by atoms with E-state index in [0.29, 0.717) is 11.2 Å². The van der Waals surface area contributed by atoms with Gasteiger partial charge in [0.2, 0.25) is 0 Å². The summed E-state index contributed by atoms with van der Waals surface area (Å²) in [7, 11) is -0.698. The van der Waals surface area contributed by atoms with Crippen LogP contribution in [0.4, 0.5) is 5.13 Å². The maximum atomic E-state index is 12.0. The Balaban J connectivity index is 1.76. The molecule has 0 radical (unpaired) electrons. The standard InChI is InChI=1S/C18H24N2OS2/c1-13(2)15-4-6-16(7-5-15)17-12-22-18(19-17)20-9-8-14(3)23(21)11-10-20/h4-7,12-14H,8-11H2,1-3H3. The van der Waals surface area contributed by atoms with Crippen LogP contribution < -0.4 is 4.90 Å². The van der Waals surface area contributed by atoms with E-state index in [0.717, 1.165) is 36.1 Å². The van der Waals surface area contributed by atoms with E-state index in [1.807, 2.05) is 0 Å². The van der Waals surface area contributed by atoms with E-state index in [4.69, 9.17) is 4.98 Å². The molecule has 2 heterocycles. The largest absolute Gasteiger partial charge is 0.347 e. The summed E-state index contributed by atoms with van der Waals surface area (Å²) in [6.07, 6.45) is 0.977. The first-order valence-corrected chi connectivity index (χ1v) is 10.5. The monoisotopic (exact) mass is 348 g/mol. The highest BCUT2D eigenvalue weighted by molar-refractivity contribution is 7.85. The average molecular weight is 349 g/mol. The fraction of sp³-hybridized carbons (Fsp3) is 0.500. The quantitative estimate of drug-likeness (QED) is 0.830. The van der Waals surface area contributed by atoms with Crippen molar-refractivity contribution in [3.8, 4) is 11.3 Å². The summed E-state index contributed by atoms with van der Waals surface area (Å²) in [6.45, 7) is 8.30. The molecule has 0 spiro atoms. The average Bonchev–Trinajstić information content (AvgIpc) is 2.98. The lowest BCUT2D eigenvalue weighted by molar-refractivity contribution is 0.671. The maximum absolute atomic E-state index is 12.0. The van der Waals surface area contributed by atoms with Crippen LogP contribution >= 0.6 is 11.3 Å². The van der Waals surface area contributed by atoms with Gasteiger partial charge in [-0.25, -0.2) is 4.98 Å². The zero-order valence-corrected chi connectivity index (χ0v) is 15.6. The lowest BCUT2D eigenvalue weighted by Crippen LogP contribution is -2.25. The molecule has 1 aliphatic rings. The van der Waals surface area contributed by atoms with Gasteiger partial charge in [0.05, 0.1) is 5.69 Å². The van der Waals surface area contributed by atoms with Gasteiger partial charge in [0.25, 0.3) is 0 Å². The van der Waals surface area contributed by atoms with Crippen LogP contribution in [0.5, 0.6) is 0 Å². The minimum absolute atomic E-state index is 0.294. The van der Waals surface area contributed by atoms with Gasteiger partial charge in [-0.1, -0.05) is 45.0 Å². The molecule has 0 aliphatic carbocycles. The van der Waals surface area contributed by atoms with E-state index < -0.39 is 10.8 Å². The van der Waals surface area contributed by atoms with Crippen molar-refractivity contribution in [2.45, 2.75) is 38.4 Å². The summed E-state index contributed by atoms with van der Waals surface area (Å²) >= 11 is 1.69. The molecule has 3 rings (SSSR count). The smallest absolute Gasteiger partial charge is 0.185 e. The van der Waals surface area contributed by atoms with Gasteiger partial charge in [0, 0.05) is 45.8 Å². The summed E-state index contributed by atoms with van der Waals surface area (Å²) in [4.78, 5) is 7.11. The number of aromatic nitrogens is 1. The van der Waals surface area contributed by atoms with Crippen molar-refractivity contribution in [3.05, 3.63) is 35.2 Å². The molecule has 2 unspecified atom stereocenters. The van der Waals surface area contributed by atoms with Crippen molar-refractivity contribution in [2.75, 3.05) is 23.7 Å². The molecule has 0 N–H and O–H groups in total. The zero-order chi connectivity index (χ0) is 16.4. The molecule has 23 heavy (non-hydrogen) atoms. The fourth-order valence-corrected chi connectivity index (χ4v) is 4.81. The minimum atomic E-state index is -0.698. The summed E-state index contributed by atoms with van der Waals surface area (Å²) < 4.78 is 12.0. The van der Waals surface area contributed by atoms with Gasteiger partial charge in [0.15, 0.2) is 5.13 Å². The second-order valence-corrected chi connectivity index (χ2v) is 9.27. The molecule has 2 atom stereocenters. The van der Waals surface area contributed by atoms with Crippen molar-refractivity contribution < 1.29 is 4.21 Å². The van der Waals surface area contributed by atoms with Gasteiger partial charge >= 0.3 is 0 Å². The van der Waals surface area contributed by atoms with Crippen LogP contribution in [0, 0.1) is 0 Å². The number of nitrogens with zero attached hydrogens (tertiary/aromatic N) is 2. The predicted molar refractivity (Wildman–Crippen MR) is 101 cm³/mol. The zero-order valence-electron chi connectivity index (χ0n) is 14.0. The molecule has 124 valence electrons. The minimum Gasteiger partial charge on any atom is -0.347 e. The fourth-order valence-electron chi connectivity index (χ4n) is 2.75. The lowest BCUT2D eigenvalue weighted by Gasteiger charge is -2.18. The molecule has 3 nitrogen and oxygen atoms in total. The van der Waals surface area contributed by atoms with Gasteiger partial charge in [-0.2, -0.15) is 0 Å². The van der Waals surface area contributed by atoms with Gasteiger partial charge in [-0.15, -0.1) is 11.3 Å². The summed E-state index contributed by atoms with van der Waals surface area (Å²) in [5, 5.41) is 3.48. The van der Waals surface area contributed by atoms with Crippen molar-refractivity contribution in [2.24, 2.45) is 0 Å². The summed E-state index contributed by atoms with van der Waals surface area (Å²) in [5.41, 5.74) is 3.57. The first-order chi connectivity index (χ1) is 11.0. The van der Waals surface area contributed by atoms with E-state index in [9.17, 15) is 4.21 Å². The Kier molecular flexibility index (Phi) is 5.17. The number of thiazole rings is 1. The molecule has 1 aliphatic heterocycles. The predicted octanol–water partition coefficient (Wildman–Crippen LogP) is 4.28. The number of rotatable bonds is 3. The molecule has 1 aromatic carbocycles. The summed E-state index contributed by atoms with van der Waals surface area (Å²) in [6, 6.07) is 8.70. The molecule has 1 saturated heterocycles. The Morgan fingerprint density at radius 3 is 2.70 bits per heavy atom. The highest BCUT2D eigenvalue weighted by Crippen LogP contribution is 2.29. The number of benzene rings is 1. The molecular formula is C18H24N2OS2. The van der Waals surface area contributed by atoms with Crippen LogP contribution in [0.15, 0.2) is 29.6 Å². The van der Waals surface area contributed by atoms with E-state index in [-0.39, 0.29) is 0 Å². The molecule has 5 heteroatoms. The molecular weight excluding hydrogens is 324 g/mol. The topological polar surface area (TPSA) is 33.2 Å². The van der Waals surface area contributed by atoms with Gasteiger partial charge < -0.3 is 4.90 Å². The first kappa shape index (κ1) is 16.7. The Labute approximate surface area is 145 Å². The highest BCUT2D eigenvalue weighted by atomic mass is 32.2. The number of anilines is 1. The van der Waals surface area contributed by atoms with E-state index in [1.165, 1.54) is 11.1 Å². The molecule has 1 aromatic heterocycles. The maximum Gasteiger partial charge on any atom is 0.185 e. The Bertz CT molecular complexity index is 679. The number of hydrogen-bond acceptors (Lipinski definition) is 4. The molecule has 0 bridgehead atoms. The third-order valence-electron chi connectivity index (χ3n) is 4.45. The normalized spacial score (nSPS) is 22.3. The third kappa shape index (κ3) is 3.83. The van der Waals surface area contributed by atoms with E-state index >= 15 is 0 Å². The molecule has 1 fully saturated rings. The number of hydrogen-bond donors (Lipinski definition) is 0. The van der Waals surface area contributed by atoms with Crippen LogP contribution in [0.25, 0.3) is 11.3 Å². The van der Waals surface area contributed by atoms with Crippen LogP contribution in [-0.4, -0.2) is 33.3 Å². The van der Waals surface area contributed by atoms with Crippen LogP contribution in [0.3, 0.4) is 0 Å². The highest BCUT2D eigenvalue weighted by Gasteiger charge is 2.21. The third-order valence-corrected chi connectivity index (χ3v) is 7.07. The first-order valence-electron chi connectivity index (χ1n) is 8.22. The van der Waals surface area contributed by atoms with Crippen LogP contribution in [0.2, 0.25) is 0 Å². The second kappa shape index (κ2) is 7.14. The van der Waals surface area contributed by atoms with Gasteiger partial charge in [-0.05, 0) is 17.9 Å². The van der Waals surface area contributed by atoms with Crippen molar-refractivity contribution in [1.82, 2.24) is 4.98 Å². The van der Waals surface area contributed by atoms with Gasteiger partial charge in [0.1, 0.15) is 0 Å². The van der Waals surface area contributed by atoms with Crippen LogP contribution in [-0.2, 0) is 10.8 Å². The Hall–Kier alpha value is -1.20. The van der Waals surface area contributed by atoms with Crippen molar-refractivity contribution >= 4 is 27.3 Å². The molecule has 0 saturated carbocycles. The van der Waals surface area contributed by atoms with E-state index in [1.54, 1.807) is 11.3 Å². The Morgan fingerprint density at radius 1 is 1.26 bits per heavy atom. The Morgan fingerprint density at radius 2 is 2.00 bits per heavy atom. The van der Waals surface area contributed by atoms with E-state index in [2.05, 4.69) is 55.3 Å². The molecule has 0 amide bonds. The SMILES string of the molecule is CC(C)c1ccc(-c2csc(N3CCC(C)S(=O)CC3)n2)cc1. The lowest BCUT2D eigenvalue weighted by atomic mass is 10.0. The van der Waals surface area contributed by atoms with Crippen molar-refractivity contribution in [1.29, 1.82) is 0 Å². The van der Waals surface area contributed by atoms with Crippen LogP contribution in [0.1, 0.15) is 38.7 Å².